The molecule has 0 spiro atoms. The van der Waals surface area contributed by atoms with E-state index in [9.17, 15) is 9.18 Å². The third kappa shape index (κ3) is 4.91. The first-order valence-corrected chi connectivity index (χ1v) is 11.2. The van der Waals surface area contributed by atoms with Crippen LogP contribution >= 0.6 is 11.8 Å². The van der Waals surface area contributed by atoms with Gasteiger partial charge in [-0.05, 0) is 54.4 Å². The fourth-order valence-corrected chi connectivity index (χ4v) is 4.27. The average Bonchev–Trinajstić information content (AvgIpc) is 3.19. The second-order valence-electron chi connectivity index (χ2n) is 7.19. The molecule has 0 aliphatic carbocycles. The van der Waals surface area contributed by atoms with Crippen LogP contribution in [-0.4, -0.2) is 26.4 Å². The van der Waals surface area contributed by atoms with Gasteiger partial charge in [0.25, 0.3) is 0 Å². The van der Waals surface area contributed by atoms with E-state index in [-0.39, 0.29) is 18.3 Å². The molecule has 0 aliphatic rings. The average molecular weight is 451 g/mol. The minimum Gasteiger partial charge on any atom is -0.485 e. The zero-order valence-electron chi connectivity index (χ0n) is 17.8. The zero-order valence-corrected chi connectivity index (χ0v) is 18.7. The van der Waals surface area contributed by atoms with E-state index in [0.29, 0.717) is 23.2 Å². The Morgan fingerprint density at radius 2 is 1.97 bits per heavy atom. The molecule has 6 nitrogen and oxygen atoms in total. The highest BCUT2D eigenvalue weighted by Crippen LogP contribution is 2.28. The highest BCUT2D eigenvalue weighted by Gasteiger charge is 2.15. The van der Waals surface area contributed by atoms with E-state index in [4.69, 9.17) is 4.74 Å². The van der Waals surface area contributed by atoms with Crippen molar-refractivity contribution in [3.63, 3.8) is 0 Å². The van der Waals surface area contributed by atoms with Crippen LogP contribution in [0.2, 0.25) is 0 Å². The molecular formula is C24H23FN4O2S. The summed E-state index contributed by atoms with van der Waals surface area (Å²) in [7, 11) is 0. The van der Waals surface area contributed by atoms with Crippen LogP contribution in [0.4, 0.5) is 10.1 Å². The van der Waals surface area contributed by atoms with Gasteiger partial charge in [0.05, 0.1) is 5.75 Å². The monoisotopic (exact) mass is 450 g/mol. The van der Waals surface area contributed by atoms with Crippen LogP contribution < -0.4 is 10.1 Å². The van der Waals surface area contributed by atoms with Gasteiger partial charge in [-0.3, -0.25) is 4.79 Å². The Morgan fingerprint density at radius 1 is 1.12 bits per heavy atom. The van der Waals surface area contributed by atoms with Crippen LogP contribution in [0, 0.1) is 12.7 Å². The molecule has 0 radical (unpaired) electrons. The molecule has 32 heavy (non-hydrogen) atoms. The maximum Gasteiger partial charge on any atom is 0.234 e. The summed E-state index contributed by atoms with van der Waals surface area (Å²) < 4.78 is 21.3. The highest BCUT2D eigenvalue weighted by molar-refractivity contribution is 7.99. The summed E-state index contributed by atoms with van der Waals surface area (Å²) in [6.07, 6.45) is 0. The van der Waals surface area contributed by atoms with Gasteiger partial charge in [0.1, 0.15) is 18.2 Å². The zero-order chi connectivity index (χ0) is 22.5. The van der Waals surface area contributed by atoms with Crippen LogP contribution in [-0.2, 0) is 17.9 Å². The molecule has 0 saturated heterocycles. The summed E-state index contributed by atoms with van der Waals surface area (Å²) in [6.45, 7) is 4.96. The smallest absolute Gasteiger partial charge is 0.234 e. The molecule has 3 aromatic carbocycles. The van der Waals surface area contributed by atoms with Crippen LogP contribution in [0.25, 0.3) is 10.8 Å². The van der Waals surface area contributed by atoms with Gasteiger partial charge < -0.3 is 14.6 Å². The van der Waals surface area contributed by atoms with E-state index in [2.05, 4.69) is 27.6 Å². The quantitative estimate of drug-likeness (QED) is 0.373. The Morgan fingerprint density at radius 3 is 2.78 bits per heavy atom. The molecule has 1 N–H and O–H groups in total. The number of anilines is 1. The SMILES string of the molecule is CCn1c(COc2ccc3ccccc3c2C)nnc1SCC(=O)Nc1cccc(F)c1. The van der Waals surface area contributed by atoms with Crippen molar-refractivity contribution in [2.45, 2.75) is 32.2 Å². The second kappa shape index (κ2) is 9.82. The minimum atomic E-state index is -0.396. The van der Waals surface area contributed by atoms with Crippen LogP contribution in [0.15, 0.2) is 65.8 Å². The number of halogens is 1. The lowest BCUT2D eigenvalue weighted by atomic mass is 10.0. The number of aryl methyl sites for hydroxylation is 1. The van der Waals surface area contributed by atoms with Gasteiger partial charge in [0, 0.05) is 12.2 Å². The number of ether oxygens (including phenoxy) is 1. The third-order valence-corrected chi connectivity index (χ3v) is 6.02. The van der Waals surface area contributed by atoms with Gasteiger partial charge in [-0.25, -0.2) is 4.39 Å². The predicted molar refractivity (Wildman–Crippen MR) is 124 cm³/mol. The number of hydrogen-bond donors (Lipinski definition) is 1. The summed E-state index contributed by atoms with van der Waals surface area (Å²) in [4.78, 5) is 12.2. The van der Waals surface area contributed by atoms with Gasteiger partial charge in [-0.2, -0.15) is 0 Å². The van der Waals surface area contributed by atoms with Crippen molar-refractivity contribution in [3.05, 3.63) is 77.9 Å². The van der Waals surface area contributed by atoms with Crippen LogP contribution in [0.5, 0.6) is 5.75 Å². The highest BCUT2D eigenvalue weighted by atomic mass is 32.2. The van der Waals surface area contributed by atoms with Crippen LogP contribution in [0.1, 0.15) is 18.3 Å². The van der Waals surface area contributed by atoms with Gasteiger partial charge in [0.2, 0.25) is 5.91 Å². The lowest BCUT2D eigenvalue weighted by molar-refractivity contribution is -0.113. The van der Waals surface area contributed by atoms with E-state index in [0.717, 1.165) is 16.7 Å². The summed E-state index contributed by atoms with van der Waals surface area (Å²) in [5.74, 6) is 0.994. The van der Waals surface area contributed by atoms with Gasteiger partial charge in [0.15, 0.2) is 11.0 Å². The number of fused-ring (bicyclic) bond motifs is 1. The number of aromatic nitrogens is 3. The lowest BCUT2D eigenvalue weighted by Gasteiger charge is -2.12. The first kappa shape index (κ1) is 21.8. The van der Waals surface area contributed by atoms with Crippen molar-refractivity contribution < 1.29 is 13.9 Å². The number of carbonyl (C=O) groups is 1. The largest absolute Gasteiger partial charge is 0.485 e. The molecule has 0 bridgehead atoms. The predicted octanol–water partition coefficient (Wildman–Crippen LogP) is 5.21. The number of thioether (sulfide) groups is 1. The second-order valence-corrected chi connectivity index (χ2v) is 8.13. The standard InChI is InChI=1S/C24H23FN4O2S/c1-3-29-22(14-31-21-12-11-17-7-4-5-10-20(17)16(21)2)27-28-24(29)32-15-23(30)26-19-9-6-8-18(25)13-19/h4-13H,3,14-15H2,1-2H3,(H,26,30). The van der Waals surface area contributed by atoms with Gasteiger partial charge >= 0.3 is 0 Å². The fraction of sp³-hybridized carbons (Fsp3) is 0.208. The molecule has 0 saturated carbocycles. The fourth-order valence-electron chi connectivity index (χ4n) is 3.45. The first-order valence-electron chi connectivity index (χ1n) is 10.3. The van der Waals surface area contributed by atoms with Crippen molar-refractivity contribution in [2.75, 3.05) is 11.1 Å². The third-order valence-electron chi connectivity index (χ3n) is 5.06. The van der Waals surface area contributed by atoms with E-state index >= 15 is 0 Å². The van der Waals surface area contributed by atoms with E-state index in [1.54, 1.807) is 12.1 Å². The van der Waals surface area contributed by atoms with Crippen molar-refractivity contribution in [1.29, 1.82) is 0 Å². The molecule has 1 aromatic heterocycles. The number of nitrogens with zero attached hydrogens (tertiary/aromatic N) is 3. The Labute approximate surface area is 189 Å². The molecule has 164 valence electrons. The molecule has 0 fully saturated rings. The van der Waals surface area contributed by atoms with Crippen molar-refractivity contribution >= 4 is 34.1 Å². The molecule has 8 heteroatoms. The van der Waals surface area contributed by atoms with E-state index in [1.807, 2.05) is 42.7 Å². The summed E-state index contributed by atoms with van der Waals surface area (Å²) >= 11 is 1.28. The van der Waals surface area contributed by atoms with Crippen molar-refractivity contribution in [3.8, 4) is 5.75 Å². The molecule has 1 heterocycles. The Balaban J connectivity index is 1.40. The molecule has 4 rings (SSSR count). The molecule has 4 aromatic rings. The number of benzene rings is 3. The topological polar surface area (TPSA) is 69.0 Å². The normalized spacial score (nSPS) is 11.0. The summed E-state index contributed by atoms with van der Waals surface area (Å²) in [5.41, 5.74) is 1.50. The minimum absolute atomic E-state index is 0.138. The summed E-state index contributed by atoms with van der Waals surface area (Å²) in [6, 6.07) is 18.0. The number of hydrogen-bond acceptors (Lipinski definition) is 5. The number of carbonyl (C=O) groups excluding carboxylic acids is 1. The van der Waals surface area contributed by atoms with Gasteiger partial charge in [-0.1, -0.05) is 48.2 Å². The van der Waals surface area contributed by atoms with Gasteiger partial charge in [-0.15, -0.1) is 10.2 Å². The van der Waals surface area contributed by atoms with Crippen LogP contribution in [0.3, 0.4) is 0 Å². The number of nitrogens with one attached hydrogen (secondary N) is 1. The maximum absolute atomic E-state index is 13.3. The molecule has 0 unspecified atom stereocenters. The Kier molecular flexibility index (Phi) is 6.70. The maximum atomic E-state index is 13.3. The molecule has 1 amide bonds. The number of rotatable bonds is 8. The molecule has 0 aliphatic heterocycles. The van der Waals surface area contributed by atoms with E-state index in [1.165, 1.54) is 29.3 Å². The van der Waals surface area contributed by atoms with Crippen molar-refractivity contribution in [1.82, 2.24) is 14.8 Å². The Hall–Kier alpha value is -3.39. The van der Waals surface area contributed by atoms with E-state index < -0.39 is 5.82 Å². The lowest BCUT2D eigenvalue weighted by Crippen LogP contribution is -2.15. The Bertz CT molecular complexity index is 1260. The summed E-state index contributed by atoms with van der Waals surface area (Å²) in [5, 5.41) is 14.1. The molecule has 0 atom stereocenters. The molecular weight excluding hydrogens is 427 g/mol. The number of amides is 1. The first-order chi connectivity index (χ1) is 15.5. The van der Waals surface area contributed by atoms with Crippen molar-refractivity contribution in [2.24, 2.45) is 0 Å².